The third-order valence-corrected chi connectivity index (χ3v) is 3.36. The van der Waals surface area contributed by atoms with E-state index in [9.17, 15) is 4.79 Å². The Kier molecular flexibility index (Phi) is 4.89. The van der Waals surface area contributed by atoms with E-state index in [4.69, 9.17) is 0 Å². The molecule has 82 valence electrons. The van der Waals surface area contributed by atoms with Gasteiger partial charge < -0.3 is 9.80 Å². The Labute approximate surface area is 94.6 Å². The third kappa shape index (κ3) is 3.58. The number of likely N-dealkylation sites (tertiary alicyclic amines) is 1. The smallest absolute Gasteiger partial charge is 0.236 e. The molecule has 1 aliphatic rings. The van der Waals surface area contributed by atoms with E-state index >= 15 is 0 Å². The number of carbonyl (C=O) groups excluding carboxylic acids is 1. The fraction of sp³-hybridized carbons (Fsp3) is 0.900. The van der Waals surface area contributed by atoms with E-state index in [2.05, 4.69) is 34.9 Å². The van der Waals surface area contributed by atoms with Gasteiger partial charge in [-0.05, 0) is 39.9 Å². The lowest BCUT2D eigenvalue weighted by molar-refractivity contribution is -0.127. The topological polar surface area (TPSA) is 23.6 Å². The summed E-state index contributed by atoms with van der Waals surface area (Å²) in [6.07, 6.45) is 3.25. The molecule has 1 unspecified atom stereocenters. The third-order valence-electron chi connectivity index (χ3n) is 2.52. The van der Waals surface area contributed by atoms with Crippen LogP contribution in [0.5, 0.6) is 0 Å². The second kappa shape index (κ2) is 5.71. The van der Waals surface area contributed by atoms with Crippen LogP contribution in [0.4, 0.5) is 0 Å². The van der Waals surface area contributed by atoms with Gasteiger partial charge in [-0.15, -0.1) is 0 Å². The first kappa shape index (κ1) is 12.0. The van der Waals surface area contributed by atoms with Gasteiger partial charge in [0.25, 0.3) is 0 Å². The number of carbonyl (C=O) groups is 1. The van der Waals surface area contributed by atoms with Crippen molar-refractivity contribution in [2.45, 2.75) is 24.1 Å². The van der Waals surface area contributed by atoms with Crippen molar-refractivity contribution in [3.8, 4) is 0 Å². The second-order valence-corrected chi connectivity index (χ2v) is 5.20. The van der Waals surface area contributed by atoms with Gasteiger partial charge in [0.05, 0.1) is 4.83 Å². The van der Waals surface area contributed by atoms with Crippen LogP contribution in [-0.2, 0) is 4.79 Å². The van der Waals surface area contributed by atoms with Gasteiger partial charge in [0.1, 0.15) is 0 Å². The average Bonchev–Trinajstić information content (AvgIpc) is 2.43. The van der Waals surface area contributed by atoms with Crippen LogP contribution in [0.15, 0.2) is 0 Å². The van der Waals surface area contributed by atoms with Gasteiger partial charge in [0.2, 0.25) is 5.91 Å². The zero-order valence-electron chi connectivity index (χ0n) is 9.00. The minimum Gasteiger partial charge on any atom is -0.342 e. The molecule has 1 heterocycles. The minimum absolute atomic E-state index is 0.0800. The van der Waals surface area contributed by atoms with E-state index in [0.717, 1.165) is 32.5 Å². The van der Waals surface area contributed by atoms with Crippen molar-refractivity contribution in [2.75, 3.05) is 33.7 Å². The molecule has 0 radical (unpaired) electrons. The van der Waals surface area contributed by atoms with E-state index in [0.29, 0.717) is 0 Å². The summed E-state index contributed by atoms with van der Waals surface area (Å²) in [5, 5.41) is 0. The Morgan fingerprint density at radius 2 is 2.21 bits per heavy atom. The number of hydrogen-bond donors (Lipinski definition) is 0. The number of amides is 1. The maximum atomic E-state index is 11.5. The Morgan fingerprint density at radius 3 is 2.71 bits per heavy atom. The normalized spacial score (nSPS) is 22.4. The van der Waals surface area contributed by atoms with Crippen molar-refractivity contribution in [3.63, 3.8) is 0 Å². The van der Waals surface area contributed by atoms with Gasteiger partial charge in [-0.25, -0.2) is 0 Å². The lowest BCUT2D eigenvalue weighted by Crippen LogP contribution is -2.29. The summed E-state index contributed by atoms with van der Waals surface area (Å²) in [5.41, 5.74) is 0. The fourth-order valence-electron chi connectivity index (χ4n) is 1.65. The van der Waals surface area contributed by atoms with Crippen LogP contribution in [0.3, 0.4) is 0 Å². The second-order valence-electron chi connectivity index (χ2n) is 4.09. The zero-order chi connectivity index (χ0) is 10.6. The lowest BCUT2D eigenvalue weighted by atomic mass is 10.3. The predicted octanol–water partition coefficient (Wildman–Crippen LogP) is 1.32. The van der Waals surface area contributed by atoms with Crippen molar-refractivity contribution < 1.29 is 4.79 Å². The van der Waals surface area contributed by atoms with Gasteiger partial charge in [0, 0.05) is 13.1 Å². The molecular weight excluding hydrogens is 244 g/mol. The maximum absolute atomic E-state index is 11.5. The van der Waals surface area contributed by atoms with Crippen LogP contribution in [0.1, 0.15) is 19.3 Å². The van der Waals surface area contributed by atoms with Crippen molar-refractivity contribution in [1.29, 1.82) is 0 Å². The van der Waals surface area contributed by atoms with Gasteiger partial charge in [-0.3, -0.25) is 4.79 Å². The largest absolute Gasteiger partial charge is 0.342 e. The zero-order valence-corrected chi connectivity index (χ0v) is 10.6. The molecule has 0 bridgehead atoms. The van der Waals surface area contributed by atoms with Gasteiger partial charge >= 0.3 is 0 Å². The first-order chi connectivity index (χ1) is 6.61. The Morgan fingerprint density at radius 1 is 1.50 bits per heavy atom. The molecule has 1 amide bonds. The molecule has 0 aromatic carbocycles. The molecule has 0 N–H and O–H groups in total. The molecule has 4 heteroatoms. The van der Waals surface area contributed by atoms with E-state index < -0.39 is 0 Å². The highest BCUT2D eigenvalue weighted by atomic mass is 79.9. The SMILES string of the molecule is CN(C)CCCCN1CCC(Br)C1=O. The summed E-state index contributed by atoms with van der Waals surface area (Å²) in [5.74, 6) is 0.273. The van der Waals surface area contributed by atoms with Crippen molar-refractivity contribution in [3.05, 3.63) is 0 Å². The number of hydrogen-bond acceptors (Lipinski definition) is 2. The molecular formula is C10H19BrN2O. The molecule has 1 aliphatic heterocycles. The molecule has 1 fully saturated rings. The van der Waals surface area contributed by atoms with Crippen molar-refractivity contribution >= 4 is 21.8 Å². The Balaban J connectivity index is 2.10. The summed E-state index contributed by atoms with van der Waals surface area (Å²) in [4.78, 5) is 15.7. The number of rotatable bonds is 5. The van der Waals surface area contributed by atoms with Gasteiger partial charge in [-0.2, -0.15) is 0 Å². The van der Waals surface area contributed by atoms with Crippen LogP contribution < -0.4 is 0 Å². The lowest BCUT2D eigenvalue weighted by Gasteiger charge is -2.16. The molecule has 14 heavy (non-hydrogen) atoms. The van der Waals surface area contributed by atoms with Crippen LogP contribution in [0.2, 0.25) is 0 Å². The number of nitrogens with zero attached hydrogens (tertiary/aromatic N) is 2. The van der Waals surface area contributed by atoms with E-state index in [1.165, 1.54) is 6.42 Å². The monoisotopic (exact) mass is 262 g/mol. The highest BCUT2D eigenvalue weighted by Crippen LogP contribution is 2.18. The summed E-state index contributed by atoms with van der Waals surface area (Å²) in [6, 6.07) is 0. The fourth-order valence-corrected chi connectivity index (χ4v) is 2.15. The number of halogens is 1. The molecule has 0 aromatic rings. The Bertz CT molecular complexity index is 197. The van der Waals surface area contributed by atoms with Gasteiger partial charge in [-0.1, -0.05) is 15.9 Å². The predicted molar refractivity (Wildman–Crippen MR) is 61.7 cm³/mol. The summed E-state index contributed by atoms with van der Waals surface area (Å²) >= 11 is 3.38. The highest BCUT2D eigenvalue weighted by molar-refractivity contribution is 9.10. The van der Waals surface area contributed by atoms with Crippen LogP contribution in [0, 0.1) is 0 Å². The number of alkyl halides is 1. The van der Waals surface area contributed by atoms with Crippen LogP contribution in [0.25, 0.3) is 0 Å². The molecule has 3 nitrogen and oxygen atoms in total. The Hall–Kier alpha value is -0.0900. The molecule has 0 saturated carbocycles. The molecule has 1 saturated heterocycles. The summed E-state index contributed by atoms with van der Waals surface area (Å²) < 4.78 is 0. The van der Waals surface area contributed by atoms with E-state index in [1.807, 2.05) is 4.90 Å². The highest BCUT2D eigenvalue weighted by Gasteiger charge is 2.28. The van der Waals surface area contributed by atoms with E-state index in [1.54, 1.807) is 0 Å². The average molecular weight is 263 g/mol. The van der Waals surface area contributed by atoms with Crippen molar-refractivity contribution in [1.82, 2.24) is 9.80 Å². The summed E-state index contributed by atoms with van der Waals surface area (Å²) in [6.45, 7) is 2.96. The van der Waals surface area contributed by atoms with E-state index in [-0.39, 0.29) is 10.7 Å². The molecule has 1 rings (SSSR count). The van der Waals surface area contributed by atoms with Gasteiger partial charge in [0.15, 0.2) is 0 Å². The van der Waals surface area contributed by atoms with Crippen LogP contribution >= 0.6 is 15.9 Å². The first-order valence-corrected chi connectivity index (χ1v) is 6.10. The molecule has 0 aliphatic carbocycles. The molecule has 1 atom stereocenters. The first-order valence-electron chi connectivity index (χ1n) is 5.19. The standard InChI is InChI=1S/C10H19BrN2O/c1-12(2)6-3-4-7-13-8-5-9(11)10(13)14/h9H,3-8H2,1-2H3. The minimum atomic E-state index is 0.0800. The van der Waals surface area contributed by atoms with Crippen LogP contribution in [-0.4, -0.2) is 54.3 Å². The van der Waals surface area contributed by atoms with Crippen molar-refractivity contribution in [2.24, 2.45) is 0 Å². The number of unbranched alkanes of at least 4 members (excludes halogenated alkanes) is 1. The molecule has 0 spiro atoms. The molecule has 0 aromatic heterocycles. The maximum Gasteiger partial charge on any atom is 0.236 e. The quantitative estimate of drug-likeness (QED) is 0.552. The summed E-state index contributed by atoms with van der Waals surface area (Å²) in [7, 11) is 4.16.